The van der Waals surface area contributed by atoms with E-state index in [0.717, 1.165) is 45.2 Å². The maximum Gasteiger partial charge on any atom is 0.326 e. The number of hydrogen-bond donors (Lipinski definition) is 8. The predicted octanol–water partition coefficient (Wildman–Crippen LogP) is 2.71. The number of aliphatic hydroxyl groups excluding tert-OH is 2. The fourth-order valence-electron chi connectivity index (χ4n) is 6.90. The predicted molar refractivity (Wildman–Crippen MR) is 230 cm³/mol. The first-order chi connectivity index (χ1) is 27.9. The van der Waals surface area contributed by atoms with Crippen LogP contribution in [0.4, 0.5) is 0 Å². The smallest absolute Gasteiger partial charge is 0.326 e. The third-order valence-electron chi connectivity index (χ3n) is 10.1. The Morgan fingerprint density at radius 1 is 0.814 bits per heavy atom. The van der Waals surface area contributed by atoms with Gasteiger partial charge in [-0.2, -0.15) is 0 Å². The quantitative estimate of drug-likeness (QED) is 0.0146. The van der Waals surface area contributed by atoms with Crippen LogP contribution in [-0.4, -0.2) is 146 Å². The molecule has 0 rings (SSSR count). The molecule has 0 saturated heterocycles. The summed E-state index contributed by atoms with van der Waals surface area (Å²) < 4.78 is 18.1. The van der Waals surface area contributed by atoms with Crippen molar-refractivity contribution in [1.29, 1.82) is 0 Å². The Balaban J connectivity index is 4.96. The topological polar surface area (TPSA) is 271 Å². The van der Waals surface area contributed by atoms with E-state index in [1.807, 2.05) is 20.8 Å². The first-order valence-electron chi connectivity index (χ1n) is 22.1. The largest absolute Gasteiger partial charge is 0.480 e. The summed E-state index contributed by atoms with van der Waals surface area (Å²) in [6.45, 7) is 15.5. The maximum atomic E-state index is 12.7. The standard InChI is InChI=1S/C42H83N7O10/c1-7-10-12-14-15-16-18-23-49(26-32(4)50,22-17-13-11-8-2)27-33(51)28-57-30-42(5,6)31-58-29-34(9-3)59-38(53)24-36(40(55)56)48-37(52)25-47-39(54)35(43)20-19-21-46-41(44)45/h32-36,50-51H,7-31,43H2,1-6H3,(H6-,44,45,46,47,48,52,54,55,56)/p+1. The number of unbranched alkanes of at least 4 members (excludes halogenated alkanes) is 9. The van der Waals surface area contributed by atoms with Crippen molar-refractivity contribution in [3.8, 4) is 0 Å². The van der Waals surface area contributed by atoms with Crippen LogP contribution in [-0.2, 0) is 33.4 Å². The van der Waals surface area contributed by atoms with Gasteiger partial charge >= 0.3 is 11.9 Å². The van der Waals surface area contributed by atoms with E-state index in [9.17, 15) is 34.5 Å². The van der Waals surface area contributed by atoms with Crippen LogP contribution >= 0.6 is 0 Å². The minimum Gasteiger partial charge on any atom is -0.480 e. The minimum absolute atomic E-state index is 0.0621. The number of aliphatic carboxylic acids is 1. The van der Waals surface area contributed by atoms with Crippen molar-refractivity contribution in [2.45, 2.75) is 168 Å². The zero-order valence-corrected chi connectivity index (χ0v) is 37.4. The number of quaternary nitrogens is 1. The van der Waals surface area contributed by atoms with Gasteiger partial charge in [0.05, 0.1) is 58.5 Å². The number of carboxylic acid groups (broad SMARTS) is 1. The molecule has 0 fully saturated rings. The van der Waals surface area contributed by atoms with Crippen molar-refractivity contribution in [2.24, 2.45) is 27.6 Å². The lowest BCUT2D eigenvalue weighted by Crippen LogP contribution is -2.57. The molecular formula is C42H84N7O10+. The van der Waals surface area contributed by atoms with Crippen LogP contribution in [0.3, 0.4) is 0 Å². The monoisotopic (exact) mass is 847 g/mol. The first kappa shape index (κ1) is 55.9. The molecule has 0 aliphatic rings. The molecule has 0 aliphatic heterocycles. The van der Waals surface area contributed by atoms with Crippen molar-refractivity contribution in [3.63, 3.8) is 0 Å². The molecule has 6 atom stereocenters. The summed E-state index contributed by atoms with van der Waals surface area (Å²) in [5.41, 5.74) is 15.9. The van der Waals surface area contributed by atoms with Crippen LogP contribution in [0.25, 0.3) is 0 Å². The van der Waals surface area contributed by atoms with Gasteiger partial charge in [-0.25, -0.2) is 4.79 Å². The number of carboxylic acids is 1. The summed E-state index contributed by atoms with van der Waals surface area (Å²) in [4.78, 5) is 52.9. The van der Waals surface area contributed by atoms with Gasteiger partial charge < -0.3 is 61.8 Å². The van der Waals surface area contributed by atoms with Gasteiger partial charge in [0, 0.05) is 12.0 Å². The number of carbonyl (C=O) groups is 4. The zero-order valence-electron chi connectivity index (χ0n) is 37.4. The molecule has 6 unspecified atom stereocenters. The Hall–Kier alpha value is -3.09. The zero-order chi connectivity index (χ0) is 44.7. The Bertz CT molecular complexity index is 1190. The molecule has 0 heterocycles. The summed E-state index contributed by atoms with van der Waals surface area (Å²) in [6.07, 6.45) is 11.6. The third kappa shape index (κ3) is 29.7. The van der Waals surface area contributed by atoms with E-state index >= 15 is 0 Å². The maximum absolute atomic E-state index is 12.7. The van der Waals surface area contributed by atoms with Crippen molar-refractivity contribution >= 4 is 29.7 Å². The fraction of sp³-hybridized carbons (Fsp3) is 0.881. The van der Waals surface area contributed by atoms with Crippen LogP contribution in [0.1, 0.15) is 138 Å². The van der Waals surface area contributed by atoms with E-state index in [0.29, 0.717) is 37.0 Å². The minimum atomic E-state index is -1.58. The highest BCUT2D eigenvalue weighted by Gasteiger charge is 2.32. The molecular weight excluding hydrogens is 763 g/mol. The van der Waals surface area contributed by atoms with Crippen molar-refractivity contribution in [3.05, 3.63) is 0 Å². The molecule has 0 aromatic carbocycles. The van der Waals surface area contributed by atoms with E-state index in [-0.39, 0.29) is 38.7 Å². The van der Waals surface area contributed by atoms with Gasteiger partial charge in [-0.15, -0.1) is 0 Å². The Morgan fingerprint density at radius 2 is 1.37 bits per heavy atom. The number of nitrogens with zero attached hydrogens (tertiary/aromatic N) is 2. The molecule has 0 aromatic rings. The second-order valence-electron chi connectivity index (χ2n) is 17.0. The Morgan fingerprint density at radius 3 is 1.92 bits per heavy atom. The van der Waals surface area contributed by atoms with Crippen LogP contribution < -0.4 is 27.8 Å². The van der Waals surface area contributed by atoms with Gasteiger partial charge in [0.1, 0.15) is 37.4 Å². The van der Waals surface area contributed by atoms with E-state index in [4.69, 9.17) is 31.4 Å². The molecule has 346 valence electrons. The molecule has 0 aromatic heterocycles. The number of nitrogens with one attached hydrogen (secondary N) is 2. The van der Waals surface area contributed by atoms with Gasteiger partial charge in [0.2, 0.25) is 11.8 Å². The molecule has 17 heteroatoms. The van der Waals surface area contributed by atoms with Gasteiger partial charge in [-0.3, -0.25) is 19.4 Å². The highest BCUT2D eigenvalue weighted by Crippen LogP contribution is 2.20. The number of carbonyl (C=O) groups excluding carboxylic acids is 3. The summed E-state index contributed by atoms with van der Waals surface area (Å²) in [6, 6.07) is -2.50. The fourth-order valence-corrected chi connectivity index (χ4v) is 6.90. The van der Waals surface area contributed by atoms with Gasteiger partial charge in [-0.05, 0) is 51.9 Å². The lowest BCUT2D eigenvalue weighted by atomic mass is 9.96. The molecule has 59 heavy (non-hydrogen) atoms. The number of nitrogens with two attached hydrogens (primary N) is 3. The van der Waals surface area contributed by atoms with Crippen LogP contribution in [0, 0.1) is 5.41 Å². The average molecular weight is 847 g/mol. The number of amides is 2. The number of esters is 1. The highest BCUT2D eigenvalue weighted by atomic mass is 16.6. The second kappa shape index (κ2) is 32.7. The SMILES string of the molecule is CCCCCCCCC[N+](CCCCCC)(CC(C)O)CC(O)COCC(C)(C)COCC(CC)OC(=O)CC(NC(=O)CNC(=O)C(N)CCCN=C(N)N)C(=O)O. The lowest BCUT2D eigenvalue weighted by Gasteiger charge is -2.41. The molecule has 0 aliphatic carbocycles. The number of guanidine groups is 1. The highest BCUT2D eigenvalue weighted by molar-refractivity contribution is 5.90. The summed E-state index contributed by atoms with van der Waals surface area (Å²) in [5, 5.41) is 35.9. The summed E-state index contributed by atoms with van der Waals surface area (Å²) in [5.74, 6) is -3.78. The van der Waals surface area contributed by atoms with Gasteiger partial charge in [0.25, 0.3) is 0 Å². The Kier molecular flexibility index (Phi) is 30.9. The lowest BCUT2D eigenvalue weighted by molar-refractivity contribution is -0.934. The second-order valence-corrected chi connectivity index (χ2v) is 17.0. The van der Waals surface area contributed by atoms with E-state index < -0.39 is 72.5 Å². The van der Waals surface area contributed by atoms with E-state index in [1.165, 1.54) is 38.5 Å². The van der Waals surface area contributed by atoms with Crippen LogP contribution in [0.5, 0.6) is 0 Å². The molecule has 0 spiro atoms. The van der Waals surface area contributed by atoms with Gasteiger partial charge in [-0.1, -0.05) is 79.6 Å². The van der Waals surface area contributed by atoms with Crippen LogP contribution in [0.15, 0.2) is 4.99 Å². The number of hydrogen-bond acceptors (Lipinski definition) is 11. The summed E-state index contributed by atoms with van der Waals surface area (Å²) in [7, 11) is 0. The average Bonchev–Trinajstić information content (AvgIpc) is 3.15. The number of aliphatic hydroxyl groups is 2. The van der Waals surface area contributed by atoms with Crippen molar-refractivity contribution < 1.29 is 53.2 Å². The molecule has 17 nitrogen and oxygen atoms in total. The summed E-state index contributed by atoms with van der Waals surface area (Å²) >= 11 is 0. The molecule has 0 bridgehead atoms. The Labute approximate surface area is 354 Å². The molecule has 0 radical (unpaired) electrons. The first-order valence-corrected chi connectivity index (χ1v) is 22.1. The molecule has 2 amide bonds. The third-order valence-corrected chi connectivity index (χ3v) is 10.1. The number of aliphatic imine (C=N–C) groups is 1. The van der Waals surface area contributed by atoms with Crippen molar-refractivity contribution in [2.75, 3.05) is 65.7 Å². The number of rotatable bonds is 38. The van der Waals surface area contributed by atoms with E-state index in [2.05, 4.69) is 29.5 Å². The molecule has 0 saturated carbocycles. The van der Waals surface area contributed by atoms with E-state index in [1.54, 1.807) is 6.92 Å². The normalized spacial score (nSPS) is 15.3. The van der Waals surface area contributed by atoms with Gasteiger partial charge in [0.15, 0.2) is 5.96 Å². The molecule has 11 N–H and O–H groups in total. The number of ether oxygens (including phenoxy) is 3. The van der Waals surface area contributed by atoms with Crippen LogP contribution in [0.2, 0.25) is 0 Å². The van der Waals surface area contributed by atoms with Crippen molar-refractivity contribution in [1.82, 2.24) is 10.6 Å².